The largest absolute Gasteiger partial charge is 0.427 e. The van der Waals surface area contributed by atoms with Crippen molar-refractivity contribution in [3.05, 3.63) is 27.6 Å². The summed E-state index contributed by atoms with van der Waals surface area (Å²) in [7, 11) is 0. The van der Waals surface area contributed by atoms with Gasteiger partial charge in [-0.3, -0.25) is 14.4 Å². The van der Waals surface area contributed by atoms with E-state index in [4.69, 9.17) is 15.2 Å². The first-order chi connectivity index (χ1) is 13.9. The minimum atomic E-state index is -0.868. The van der Waals surface area contributed by atoms with Crippen LogP contribution in [0.25, 0.3) is 5.57 Å². The SMILES string of the molecule is CC(O)C1C(=O)N2C(C(=O)OCOC(=O)C(C)(C)C)=C(c3cc(C(N)=O)cs3)CC12. The maximum absolute atomic E-state index is 12.8. The van der Waals surface area contributed by atoms with Crippen molar-refractivity contribution < 1.29 is 33.8 Å². The quantitative estimate of drug-likeness (QED) is 0.389. The van der Waals surface area contributed by atoms with Gasteiger partial charge in [0.2, 0.25) is 18.6 Å². The normalized spacial score (nSPS) is 21.8. The van der Waals surface area contributed by atoms with Crippen molar-refractivity contribution in [1.29, 1.82) is 0 Å². The van der Waals surface area contributed by atoms with Crippen molar-refractivity contribution in [2.24, 2.45) is 17.1 Å². The third-order valence-electron chi connectivity index (χ3n) is 5.10. The van der Waals surface area contributed by atoms with E-state index in [-0.39, 0.29) is 17.6 Å². The molecule has 162 valence electrons. The average molecular weight is 436 g/mol. The molecule has 1 fully saturated rings. The van der Waals surface area contributed by atoms with Crippen LogP contribution >= 0.6 is 11.3 Å². The van der Waals surface area contributed by atoms with E-state index < -0.39 is 42.1 Å². The van der Waals surface area contributed by atoms with Crippen LogP contribution in [0.3, 0.4) is 0 Å². The standard InChI is InChI=1S/C20H24N2O7S/c1-9(23)14-12-6-11(13-5-10(7-30-13)16(21)24)15(22(12)17(14)25)18(26)28-8-29-19(27)20(2,3)4/h5,7,9,12,14,23H,6,8H2,1-4H3,(H2,21,24). The summed E-state index contributed by atoms with van der Waals surface area (Å²) in [6, 6.07) is 1.18. The number of hydrogen-bond acceptors (Lipinski definition) is 8. The number of carbonyl (C=O) groups is 4. The van der Waals surface area contributed by atoms with E-state index in [0.29, 0.717) is 22.4 Å². The van der Waals surface area contributed by atoms with Crippen molar-refractivity contribution in [3.63, 3.8) is 0 Å². The first-order valence-electron chi connectivity index (χ1n) is 9.40. The number of primary amides is 1. The fourth-order valence-electron chi connectivity index (χ4n) is 3.52. The highest BCUT2D eigenvalue weighted by molar-refractivity contribution is 7.11. The maximum atomic E-state index is 12.8. The Kier molecular flexibility index (Phi) is 5.74. The third kappa shape index (κ3) is 3.84. The molecule has 3 unspecified atom stereocenters. The van der Waals surface area contributed by atoms with Gasteiger partial charge in [0, 0.05) is 15.8 Å². The average Bonchev–Trinajstić information content (AvgIpc) is 3.23. The van der Waals surface area contributed by atoms with Gasteiger partial charge in [-0.15, -0.1) is 11.3 Å². The fraction of sp³-hybridized carbons (Fsp3) is 0.500. The molecule has 0 bridgehead atoms. The molecular weight excluding hydrogens is 412 g/mol. The molecule has 3 atom stereocenters. The van der Waals surface area contributed by atoms with Gasteiger partial charge in [-0.2, -0.15) is 0 Å². The molecule has 9 nitrogen and oxygen atoms in total. The summed E-state index contributed by atoms with van der Waals surface area (Å²) in [6.07, 6.45) is -0.542. The summed E-state index contributed by atoms with van der Waals surface area (Å²) in [5.41, 5.74) is 5.42. The minimum Gasteiger partial charge on any atom is -0.427 e. The number of hydrogen-bond donors (Lipinski definition) is 2. The van der Waals surface area contributed by atoms with E-state index in [1.165, 1.54) is 23.2 Å². The van der Waals surface area contributed by atoms with E-state index in [9.17, 15) is 24.3 Å². The zero-order valence-corrected chi connectivity index (χ0v) is 17.9. The molecule has 0 spiro atoms. The second kappa shape index (κ2) is 7.84. The monoisotopic (exact) mass is 436 g/mol. The predicted molar refractivity (Wildman–Crippen MR) is 107 cm³/mol. The van der Waals surface area contributed by atoms with Gasteiger partial charge in [0.1, 0.15) is 5.70 Å². The highest BCUT2D eigenvalue weighted by Crippen LogP contribution is 2.48. The summed E-state index contributed by atoms with van der Waals surface area (Å²) in [5.74, 6) is -2.96. The molecule has 0 radical (unpaired) electrons. The van der Waals surface area contributed by atoms with Crippen LogP contribution in [0.15, 0.2) is 17.1 Å². The Hall–Kier alpha value is -2.72. The van der Waals surface area contributed by atoms with Crippen molar-refractivity contribution in [1.82, 2.24) is 4.90 Å². The highest BCUT2D eigenvalue weighted by Gasteiger charge is 2.57. The Morgan fingerprint density at radius 2 is 2.00 bits per heavy atom. The Morgan fingerprint density at radius 3 is 2.53 bits per heavy atom. The number of fused-ring (bicyclic) bond motifs is 1. The van der Waals surface area contributed by atoms with E-state index in [1.807, 2.05) is 0 Å². The molecule has 0 saturated carbocycles. The Morgan fingerprint density at radius 1 is 1.33 bits per heavy atom. The van der Waals surface area contributed by atoms with E-state index in [0.717, 1.165) is 0 Å². The van der Waals surface area contributed by atoms with Crippen LogP contribution in [0.5, 0.6) is 0 Å². The predicted octanol–water partition coefficient (Wildman–Crippen LogP) is 1.26. The van der Waals surface area contributed by atoms with E-state index in [2.05, 4.69) is 0 Å². The van der Waals surface area contributed by atoms with Crippen molar-refractivity contribution in [2.75, 3.05) is 6.79 Å². The summed E-state index contributed by atoms with van der Waals surface area (Å²) >= 11 is 1.22. The van der Waals surface area contributed by atoms with Crippen molar-refractivity contribution in [2.45, 2.75) is 46.3 Å². The number of rotatable bonds is 6. The second-order valence-electron chi connectivity index (χ2n) is 8.37. The van der Waals surface area contributed by atoms with E-state index in [1.54, 1.807) is 32.2 Å². The van der Waals surface area contributed by atoms with Crippen LogP contribution < -0.4 is 5.73 Å². The lowest BCUT2D eigenvalue weighted by Gasteiger charge is -2.44. The Balaban J connectivity index is 1.85. The molecule has 0 aromatic carbocycles. The number of esters is 2. The number of thiophene rings is 1. The number of nitrogens with two attached hydrogens (primary N) is 1. The number of ether oxygens (including phenoxy) is 2. The lowest BCUT2D eigenvalue weighted by Crippen LogP contribution is -2.61. The number of aliphatic hydroxyl groups excluding tert-OH is 1. The molecule has 0 aliphatic carbocycles. The number of carbonyl (C=O) groups excluding carboxylic acids is 4. The van der Waals surface area contributed by atoms with Gasteiger partial charge >= 0.3 is 11.9 Å². The van der Waals surface area contributed by atoms with Gasteiger partial charge < -0.3 is 25.2 Å². The van der Waals surface area contributed by atoms with Gasteiger partial charge in [-0.25, -0.2) is 4.79 Å². The summed E-state index contributed by atoms with van der Waals surface area (Å²) in [5, 5.41) is 11.5. The molecule has 2 amide bonds. The summed E-state index contributed by atoms with van der Waals surface area (Å²) in [6.45, 7) is 5.94. The molecule has 3 heterocycles. The lowest BCUT2D eigenvalue weighted by atomic mass is 9.83. The number of aliphatic hydroxyl groups is 1. The maximum Gasteiger partial charge on any atom is 0.358 e. The Bertz CT molecular complexity index is 941. The lowest BCUT2D eigenvalue weighted by molar-refractivity contribution is -0.175. The van der Waals surface area contributed by atoms with Gasteiger partial charge in [0.15, 0.2) is 0 Å². The van der Waals surface area contributed by atoms with Crippen molar-refractivity contribution >= 4 is 40.7 Å². The zero-order chi connectivity index (χ0) is 22.4. The molecule has 3 N–H and O–H groups in total. The third-order valence-corrected chi connectivity index (χ3v) is 6.09. The number of amides is 2. The molecule has 1 saturated heterocycles. The molecule has 2 aliphatic rings. The molecule has 1 aromatic rings. The number of nitrogens with zero attached hydrogens (tertiary/aromatic N) is 1. The molecule has 2 aliphatic heterocycles. The van der Waals surface area contributed by atoms with Crippen LogP contribution in [0.4, 0.5) is 0 Å². The van der Waals surface area contributed by atoms with Gasteiger partial charge in [-0.05, 0) is 40.2 Å². The van der Waals surface area contributed by atoms with Gasteiger partial charge in [0.25, 0.3) is 0 Å². The Labute approximate surface area is 177 Å². The molecule has 10 heteroatoms. The summed E-state index contributed by atoms with van der Waals surface area (Å²) < 4.78 is 10.1. The van der Waals surface area contributed by atoms with Gasteiger partial charge in [-0.1, -0.05) is 0 Å². The second-order valence-corrected chi connectivity index (χ2v) is 9.28. The van der Waals surface area contributed by atoms with Crippen LogP contribution in [-0.4, -0.2) is 52.7 Å². The topological polar surface area (TPSA) is 136 Å². The molecular formula is C20H24N2O7S. The molecule has 30 heavy (non-hydrogen) atoms. The van der Waals surface area contributed by atoms with Crippen LogP contribution in [0, 0.1) is 11.3 Å². The van der Waals surface area contributed by atoms with E-state index >= 15 is 0 Å². The molecule has 3 rings (SSSR count). The highest BCUT2D eigenvalue weighted by atomic mass is 32.1. The molecule has 1 aromatic heterocycles. The van der Waals surface area contributed by atoms with Crippen LogP contribution in [0.2, 0.25) is 0 Å². The minimum absolute atomic E-state index is 0.0339. The summed E-state index contributed by atoms with van der Waals surface area (Å²) in [4.78, 5) is 50.6. The smallest absolute Gasteiger partial charge is 0.358 e. The fourth-order valence-corrected chi connectivity index (χ4v) is 4.48. The zero-order valence-electron chi connectivity index (χ0n) is 17.1. The van der Waals surface area contributed by atoms with Crippen LogP contribution in [-0.2, 0) is 23.9 Å². The van der Waals surface area contributed by atoms with Crippen LogP contribution in [0.1, 0.15) is 49.4 Å². The van der Waals surface area contributed by atoms with Crippen molar-refractivity contribution in [3.8, 4) is 0 Å². The number of β-lactam (4-membered cyclic amide) rings is 1. The first kappa shape index (κ1) is 22.0. The first-order valence-corrected chi connectivity index (χ1v) is 10.3. The van der Waals surface area contributed by atoms with Gasteiger partial charge in [0.05, 0.1) is 29.0 Å².